The number of hydrogen-bond donors (Lipinski definition) is 5. The molecule has 2 heterocycles. The molecule has 0 aromatic carbocycles. The Hall–Kier alpha value is -1.89. The van der Waals surface area contributed by atoms with Crippen molar-refractivity contribution in [2.45, 2.75) is 56.5 Å². The van der Waals surface area contributed by atoms with E-state index in [0.29, 0.717) is 38.8 Å². The summed E-state index contributed by atoms with van der Waals surface area (Å²) < 4.78 is 9.69. The Labute approximate surface area is 163 Å². The van der Waals surface area contributed by atoms with E-state index in [-0.39, 0.29) is 18.3 Å². The quantitative estimate of drug-likeness (QED) is 0.136. The third-order valence-electron chi connectivity index (χ3n) is 5.46. The zero-order valence-electron chi connectivity index (χ0n) is 15.9. The number of carbonyl (C=O) groups is 3. The molecule has 2 rings (SSSR count). The van der Waals surface area contributed by atoms with Crippen molar-refractivity contribution in [3.8, 4) is 0 Å². The lowest BCUT2D eigenvalue weighted by Crippen LogP contribution is -2.52. The molecule has 0 bridgehead atoms. The molecule has 2 fully saturated rings. The normalized spacial score (nSPS) is 27.2. The van der Waals surface area contributed by atoms with Gasteiger partial charge < -0.3 is 35.3 Å². The van der Waals surface area contributed by atoms with E-state index in [1.165, 1.54) is 11.8 Å². The Kier molecular flexibility index (Phi) is 7.64. The summed E-state index contributed by atoms with van der Waals surface area (Å²) in [5.74, 6) is -1.96. The van der Waals surface area contributed by atoms with Crippen LogP contribution in [-0.2, 0) is 19.1 Å². The molecule has 0 aromatic rings. The number of hydrogen-bond acceptors (Lipinski definition) is 9. The maximum absolute atomic E-state index is 12.3. The molecule has 11 nitrogen and oxygen atoms in total. The number of aliphatic carboxylic acids is 1. The van der Waals surface area contributed by atoms with Crippen molar-refractivity contribution in [2.24, 2.45) is 11.7 Å². The average molecular weight is 401 g/mol. The van der Waals surface area contributed by atoms with E-state index < -0.39 is 43.5 Å². The predicted octanol–water partition coefficient (Wildman–Crippen LogP) is -1.27. The summed E-state index contributed by atoms with van der Waals surface area (Å²) in [7, 11) is -1.40. The van der Waals surface area contributed by atoms with E-state index in [9.17, 15) is 19.5 Å². The lowest BCUT2D eigenvalue weighted by molar-refractivity contribution is -0.153. The van der Waals surface area contributed by atoms with Gasteiger partial charge in [-0.2, -0.15) is 0 Å². The van der Waals surface area contributed by atoms with Crippen LogP contribution < -0.4 is 11.1 Å². The van der Waals surface area contributed by atoms with Crippen molar-refractivity contribution in [2.75, 3.05) is 19.9 Å². The molecule has 2 aliphatic rings. The highest BCUT2D eigenvalue weighted by atomic mass is 16.7. The Morgan fingerprint density at radius 1 is 1.32 bits per heavy atom. The highest BCUT2D eigenvalue weighted by Gasteiger charge is 2.58. The third kappa shape index (κ3) is 4.93. The van der Waals surface area contributed by atoms with E-state index in [1.807, 2.05) is 0 Å². The predicted molar refractivity (Wildman–Crippen MR) is 96.9 cm³/mol. The molecular formula is C16H28BN3O8. The van der Waals surface area contributed by atoms with Crippen molar-refractivity contribution in [3.05, 3.63) is 0 Å². The fourth-order valence-corrected chi connectivity index (χ4v) is 4.02. The van der Waals surface area contributed by atoms with Crippen LogP contribution in [0.25, 0.3) is 0 Å². The van der Waals surface area contributed by atoms with Gasteiger partial charge in [-0.05, 0) is 26.1 Å². The molecule has 158 valence electrons. The molecule has 0 spiro atoms. The molecular weight excluding hydrogens is 373 g/mol. The second-order valence-electron chi connectivity index (χ2n) is 7.32. The van der Waals surface area contributed by atoms with Crippen LogP contribution in [0.1, 0.15) is 32.6 Å². The highest BCUT2D eigenvalue weighted by Crippen LogP contribution is 2.41. The van der Waals surface area contributed by atoms with Crippen molar-refractivity contribution in [3.63, 3.8) is 0 Å². The standard InChI is InChI=1S/C16H28BN3O8/c1-10(18)13(21)27-9-28-15(24)20-7-4-11-12(20)8-19-16(11,14(22)23)5-2-3-6-17(25)26/h10-12,19,25-26H,2-9,18H2,1H3,(H,22,23)/t10?,11-,12-,16+/m0/s1. The zero-order chi connectivity index (χ0) is 20.9. The summed E-state index contributed by atoms with van der Waals surface area (Å²) in [6.07, 6.45) is 1.34. The number of likely N-dealkylation sites (tertiary alicyclic amines) is 1. The number of esters is 1. The Morgan fingerprint density at radius 3 is 2.64 bits per heavy atom. The molecule has 0 radical (unpaired) electrons. The van der Waals surface area contributed by atoms with E-state index in [2.05, 4.69) is 5.32 Å². The van der Waals surface area contributed by atoms with Gasteiger partial charge in [-0.3, -0.25) is 14.9 Å². The Bertz CT molecular complexity index is 590. The van der Waals surface area contributed by atoms with Gasteiger partial charge in [0.25, 0.3) is 0 Å². The fourth-order valence-electron chi connectivity index (χ4n) is 4.02. The first-order valence-electron chi connectivity index (χ1n) is 9.39. The molecule has 2 aliphatic heterocycles. The summed E-state index contributed by atoms with van der Waals surface area (Å²) in [6, 6.07) is -1.16. The van der Waals surface area contributed by atoms with Gasteiger partial charge in [0.2, 0.25) is 6.79 Å². The number of nitrogens with one attached hydrogen (secondary N) is 1. The van der Waals surface area contributed by atoms with Crippen molar-refractivity contribution in [1.82, 2.24) is 10.2 Å². The summed E-state index contributed by atoms with van der Waals surface area (Å²) in [4.78, 5) is 37.1. The Morgan fingerprint density at radius 2 is 2.04 bits per heavy atom. The number of ether oxygens (including phenoxy) is 2. The van der Waals surface area contributed by atoms with Gasteiger partial charge in [0.15, 0.2) is 0 Å². The molecule has 4 atom stereocenters. The van der Waals surface area contributed by atoms with Crippen molar-refractivity contribution < 1.29 is 39.0 Å². The van der Waals surface area contributed by atoms with Gasteiger partial charge in [0.1, 0.15) is 11.6 Å². The summed E-state index contributed by atoms with van der Waals surface area (Å²) in [6.45, 7) is 1.57. The molecule has 0 aliphatic carbocycles. The number of carboxylic acid groups (broad SMARTS) is 1. The number of amides is 1. The monoisotopic (exact) mass is 401 g/mol. The van der Waals surface area contributed by atoms with E-state index in [1.54, 1.807) is 0 Å². The van der Waals surface area contributed by atoms with Gasteiger partial charge in [0, 0.05) is 19.0 Å². The second kappa shape index (κ2) is 9.55. The molecule has 1 amide bonds. The fraction of sp³-hybridized carbons (Fsp3) is 0.812. The molecule has 0 saturated carbocycles. The van der Waals surface area contributed by atoms with Gasteiger partial charge in [-0.25, -0.2) is 4.79 Å². The number of nitrogens with two attached hydrogens (primary N) is 1. The molecule has 6 N–H and O–H groups in total. The van der Waals surface area contributed by atoms with Crippen molar-refractivity contribution in [1.29, 1.82) is 0 Å². The highest BCUT2D eigenvalue weighted by molar-refractivity contribution is 6.40. The number of fused-ring (bicyclic) bond motifs is 1. The smallest absolute Gasteiger partial charge is 0.451 e. The molecule has 1 unspecified atom stereocenters. The zero-order valence-corrected chi connectivity index (χ0v) is 15.9. The largest absolute Gasteiger partial charge is 0.480 e. The number of carboxylic acids is 1. The van der Waals surface area contributed by atoms with Gasteiger partial charge >= 0.3 is 25.2 Å². The topological polar surface area (TPSA) is 172 Å². The number of carbonyl (C=O) groups excluding carboxylic acids is 2. The minimum atomic E-state index is -1.40. The summed E-state index contributed by atoms with van der Waals surface area (Å²) >= 11 is 0. The first kappa shape index (κ1) is 22.4. The third-order valence-corrected chi connectivity index (χ3v) is 5.46. The van der Waals surface area contributed by atoms with Gasteiger partial charge in [0.05, 0.1) is 6.04 Å². The molecule has 2 saturated heterocycles. The lowest BCUT2D eigenvalue weighted by Gasteiger charge is -2.30. The van der Waals surface area contributed by atoms with Crippen LogP contribution in [0.4, 0.5) is 4.79 Å². The van der Waals surface area contributed by atoms with E-state index >= 15 is 0 Å². The summed E-state index contributed by atoms with van der Waals surface area (Å²) in [5, 5.41) is 30.7. The summed E-state index contributed by atoms with van der Waals surface area (Å²) in [5.41, 5.74) is 4.19. The number of nitrogens with zero attached hydrogens (tertiary/aromatic N) is 1. The maximum Gasteiger partial charge on any atom is 0.451 e. The van der Waals surface area contributed by atoms with Gasteiger partial charge in [-0.15, -0.1) is 0 Å². The molecule has 12 heteroatoms. The van der Waals surface area contributed by atoms with E-state index in [0.717, 1.165) is 0 Å². The van der Waals surface area contributed by atoms with Crippen LogP contribution in [0.2, 0.25) is 6.32 Å². The first-order valence-corrected chi connectivity index (χ1v) is 9.39. The van der Waals surface area contributed by atoms with E-state index in [4.69, 9.17) is 25.3 Å². The van der Waals surface area contributed by atoms with Gasteiger partial charge in [-0.1, -0.05) is 12.8 Å². The minimum Gasteiger partial charge on any atom is -0.480 e. The first-order chi connectivity index (χ1) is 13.2. The van der Waals surface area contributed by atoms with Crippen LogP contribution in [-0.4, -0.2) is 82.7 Å². The number of rotatable bonds is 9. The van der Waals surface area contributed by atoms with Crippen LogP contribution in [0.3, 0.4) is 0 Å². The molecule has 0 aromatic heterocycles. The average Bonchev–Trinajstić information content (AvgIpc) is 3.19. The van der Waals surface area contributed by atoms with Crippen molar-refractivity contribution >= 4 is 25.2 Å². The second-order valence-corrected chi connectivity index (χ2v) is 7.32. The number of unbranched alkanes of at least 4 members (excludes halogenated alkanes) is 1. The van der Waals surface area contributed by atoms with Crippen LogP contribution in [0.15, 0.2) is 0 Å². The molecule has 28 heavy (non-hydrogen) atoms. The Balaban J connectivity index is 1.92. The lowest BCUT2D eigenvalue weighted by atomic mass is 9.77. The maximum atomic E-state index is 12.3. The van der Waals surface area contributed by atoms with Crippen LogP contribution in [0.5, 0.6) is 0 Å². The van der Waals surface area contributed by atoms with Crippen LogP contribution >= 0.6 is 0 Å². The minimum absolute atomic E-state index is 0.183. The van der Waals surface area contributed by atoms with Crippen LogP contribution in [0, 0.1) is 5.92 Å². The SMILES string of the molecule is CC(N)C(=O)OCOC(=O)N1CC[C@H]2[C@@H]1CN[C@@]2(CCCCB(O)O)C(=O)O.